The van der Waals surface area contributed by atoms with Gasteiger partial charge in [0.05, 0.1) is 17.3 Å². The summed E-state index contributed by atoms with van der Waals surface area (Å²) in [6.45, 7) is -0.851. The van der Waals surface area contributed by atoms with Gasteiger partial charge in [-0.3, -0.25) is 24.1 Å². The van der Waals surface area contributed by atoms with Crippen molar-refractivity contribution in [3.63, 3.8) is 0 Å². The topological polar surface area (TPSA) is 92.8 Å². The highest BCUT2D eigenvalue weighted by Crippen LogP contribution is 2.29. The fraction of sp³-hybridized carbons (Fsp3) is 0.273. The van der Waals surface area contributed by atoms with Gasteiger partial charge in [-0.1, -0.05) is 36.4 Å². The maximum absolute atomic E-state index is 12.3. The van der Waals surface area contributed by atoms with E-state index in [1.54, 1.807) is 18.2 Å². The van der Waals surface area contributed by atoms with Gasteiger partial charge >= 0.3 is 5.97 Å². The van der Waals surface area contributed by atoms with E-state index in [9.17, 15) is 19.2 Å². The Balaban J connectivity index is 1.32. The maximum atomic E-state index is 12.3. The first kappa shape index (κ1) is 18.9. The van der Waals surface area contributed by atoms with Gasteiger partial charge in [0.2, 0.25) is 0 Å². The molecule has 4 rings (SSSR count). The number of carbonyl (C=O) groups excluding carboxylic acids is 4. The zero-order chi connectivity index (χ0) is 20.4. The molecule has 0 saturated carbocycles. The molecule has 1 N–H and O–H groups in total. The molecule has 1 aliphatic carbocycles. The molecule has 148 valence electrons. The first-order valence-electron chi connectivity index (χ1n) is 9.52. The van der Waals surface area contributed by atoms with Crippen molar-refractivity contribution >= 4 is 29.3 Å². The first-order valence-corrected chi connectivity index (χ1v) is 9.52. The van der Waals surface area contributed by atoms with Crippen molar-refractivity contribution in [3.05, 3.63) is 65.2 Å². The van der Waals surface area contributed by atoms with Crippen LogP contribution in [-0.4, -0.2) is 36.7 Å². The number of nitrogens with zero attached hydrogens (tertiary/aromatic N) is 1. The lowest BCUT2D eigenvalue weighted by Gasteiger charge is -2.26. The van der Waals surface area contributed by atoms with Crippen molar-refractivity contribution in [3.8, 4) is 0 Å². The molecule has 0 radical (unpaired) electrons. The number of fused-ring (bicyclic) bond motifs is 2. The third-order valence-corrected chi connectivity index (χ3v) is 5.23. The van der Waals surface area contributed by atoms with Crippen molar-refractivity contribution in [2.45, 2.75) is 25.3 Å². The summed E-state index contributed by atoms with van der Waals surface area (Å²) in [5, 5.41) is 2.90. The van der Waals surface area contributed by atoms with E-state index in [0.29, 0.717) is 5.69 Å². The second-order valence-corrected chi connectivity index (χ2v) is 7.11. The Labute approximate surface area is 167 Å². The number of nitrogens with one attached hydrogen (secondary N) is 1. The molecule has 0 saturated heterocycles. The van der Waals surface area contributed by atoms with Crippen molar-refractivity contribution in [2.75, 3.05) is 18.1 Å². The molecular weight excluding hydrogens is 372 g/mol. The molecule has 29 heavy (non-hydrogen) atoms. The summed E-state index contributed by atoms with van der Waals surface area (Å²) in [4.78, 5) is 49.6. The van der Waals surface area contributed by atoms with E-state index in [1.165, 1.54) is 11.6 Å². The molecule has 0 fully saturated rings. The van der Waals surface area contributed by atoms with Gasteiger partial charge < -0.3 is 10.1 Å². The van der Waals surface area contributed by atoms with Crippen LogP contribution in [0.5, 0.6) is 0 Å². The standard InChI is InChI=1S/C22H20N2O5/c25-19(23-17-10-5-7-14-6-1-2-8-15(14)17)13-29-20(26)12-24-18-11-4-3-9-16(18)21(27)22(24)28/h1-4,6,8-9,11,17H,5,7,10,12-13H2,(H,23,25)/t17-/m0/s1. The highest BCUT2D eigenvalue weighted by atomic mass is 16.5. The van der Waals surface area contributed by atoms with Crippen molar-refractivity contribution in [1.82, 2.24) is 5.32 Å². The van der Waals surface area contributed by atoms with Crippen LogP contribution in [0.2, 0.25) is 0 Å². The largest absolute Gasteiger partial charge is 0.454 e. The Morgan fingerprint density at radius 2 is 1.83 bits per heavy atom. The second-order valence-electron chi connectivity index (χ2n) is 7.11. The molecule has 7 nitrogen and oxygen atoms in total. The summed E-state index contributed by atoms with van der Waals surface area (Å²) in [5.41, 5.74) is 2.95. The predicted octanol–water partition coefficient (Wildman–Crippen LogP) is 1.95. The summed E-state index contributed by atoms with van der Waals surface area (Å²) in [6.07, 6.45) is 2.80. The Morgan fingerprint density at radius 3 is 2.69 bits per heavy atom. The van der Waals surface area contributed by atoms with Crippen molar-refractivity contribution < 1.29 is 23.9 Å². The minimum absolute atomic E-state index is 0.101. The number of amides is 2. The number of hydrogen-bond acceptors (Lipinski definition) is 5. The van der Waals surface area contributed by atoms with Gasteiger partial charge in [0.1, 0.15) is 6.54 Å². The Hall–Kier alpha value is -3.48. The van der Waals surface area contributed by atoms with E-state index in [-0.39, 0.29) is 11.6 Å². The molecule has 2 aromatic rings. The third-order valence-electron chi connectivity index (χ3n) is 5.23. The Bertz CT molecular complexity index is 1000. The predicted molar refractivity (Wildman–Crippen MR) is 104 cm³/mol. The minimum atomic E-state index is -0.772. The third kappa shape index (κ3) is 3.76. The maximum Gasteiger partial charge on any atom is 0.326 e. The van der Waals surface area contributed by atoms with E-state index in [4.69, 9.17) is 4.74 Å². The quantitative estimate of drug-likeness (QED) is 0.620. The summed E-state index contributed by atoms with van der Waals surface area (Å²) in [6, 6.07) is 14.3. The monoisotopic (exact) mass is 392 g/mol. The first-order chi connectivity index (χ1) is 14.0. The molecule has 2 amide bonds. The molecule has 0 spiro atoms. The van der Waals surface area contributed by atoms with Gasteiger partial charge in [-0.2, -0.15) is 0 Å². The Morgan fingerprint density at radius 1 is 1.07 bits per heavy atom. The van der Waals surface area contributed by atoms with Crippen LogP contribution in [-0.2, 0) is 25.5 Å². The van der Waals surface area contributed by atoms with Crippen LogP contribution in [0.3, 0.4) is 0 Å². The molecule has 0 unspecified atom stereocenters. The normalized spacial score (nSPS) is 17.5. The van der Waals surface area contributed by atoms with Crippen LogP contribution in [0.15, 0.2) is 48.5 Å². The lowest BCUT2D eigenvalue weighted by Crippen LogP contribution is -2.38. The van der Waals surface area contributed by atoms with Crippen LogP contribution in [0, 0.1) is 0 Å². The zero-order valence-electron chi connectivity index (χ0n) is 15.7. The fourth-order valence-electron chi connectivity index (χ4n) is 3.87. The highest BCUT2D eigenvalue weighted by Gasteiger charge is 2.36. The molecule has 7 heteroatoms. The number of para-hydroxylation sites is 1. The number of anilines is 1. The summed E-state index contributed by atoms with van der Waals surface area (Å²) in [5.74, 6) is -2.57. The van der Waals surface area contributed by atoms with E-state index >= 15 is 0 Å². The van der Waals surface area contributed by atoms with Gasteiger partial charge in [0.15, 0.2) is 6.61 Å². The SMILES string of the molecule is O=C(COC(=O)CN1C(=O)C(=O)c2ccccc21)N[C@H]1CCCc2ccccc21. The number of esters is 1. The smallest absolute Gasteiger partial charge is 0.326 e. The van der Waals surface area contributed by atoms with Gasteiger partial charge in [-0.15, -0.1) is 0 Å². The number of ether oxygens (including phenoxy) is 1. The minimum Gasteiger partial charge on any atom is -0.454 e. The van der Waals surface area contributed by atoms with Crippen LogP contribution in [0.1, 0.15) is 40.4 Å². The second kappa shape index (κ2) is 7.87. The Kier molecular flexibility index (Phi) is 5.12. The summed E-state index contributed by atoms with van der Waals surface area (Å²) >= 11 is 0. The number of carbonyl (C=O) groups is 4. The van der Waals surface area contributed by atoms with Crippen LogP contribution >= 0.6 is 0 Å². The highest BCUT2D eigenvalue weighted by molar-refractivity contribution is 6.52. The van der Waals surface area contributed by atoms with Gasteiger partial charge in [0.25, 0.3) is 17.6 Å². The average Bonchev–Trinajstić information content (AvgIpc) is 2.98. The van der Waals surface area contributed by atoms with Gasteiger partial charge in [0, 0.05) is 0 Å². The summed E-state index contributed by atoms with van der Waals surface area (Å²) < 4.78 is 5.04. The number of hydrogen-bond donors (Lipinski definition) is 1. The number of rotatable bonds is 5. The number of benzene rings is 2. The van der Waals surface area contributed by atoms with Crippen LogP contribution in [0.4, 0.5) is 5.69 Å². The zero-order valence-corrected chi connectivity index (χ0v) is 15.7. The lowest BCUT2D eigenvalue weighted by atomic mass is 9.88. The molecule has 0 aromatic heterocycles. The molecule has 2 aliphatic rings. The number of ketones is 1. The molecule has 1 heterocycles. The van der Waals surface area contributed by atoms with Crippen molar-refractivity contribution in [1.29, 1.82) is 0 Å². The van der Waals surface area contributed by atoms with Crippen molar-refractivity contribution in [2.24, 2.45) is 0 Å². The number of Topliss-reactive ketones (excluding diaryl/α,β-unsaturated/α-hetero) is 1. The molecular formula is C22H20N2O5. The lowest BCUT2D eigenvalue weighted by molar-refractivity contribution is -0.147. The van der Waals surface area contributed by atoms with E-state index in [1.807, 2.05) is 18.2 Å². The van der Waals surface area contributed by atoms with Gasteiger partial charge in [-0.25, -0.2) is 0 Å². The van der Waals surface area contributed by atoms with Crippen LogP contribution in [0.25, 0.3) is 0 Å². The van der Waals surface area contributed by atoms with Gasteiger partial charge in [-0.05, 0) is 42.5 Å². The molecule has 1 atom stereocenters. The average molecular weight is 392 g/mol. The molecule has 1 aliphatic heterocycles. The number of aryl methyl sites for hydroxylation is 1. The van der Waals surface area contributed by atoms with E-state index in [0.717, 1.165) is 29.7 Å². The summed E-state index contributed by atoms with van der Waals surface area (Å²) in [7, 11) is 0. The van der Waals surface area contributed by atoms with E-state index in [2.05, 4.69) is 11.4 Å². The molecule has 2 aromatic carbocycles. The van der Waals surface area contributed by atoms with E-state index < -0.39 is 36.7 Å². The van der Waals surface area contributed by atoms with Crippen LogP contribution < -0.4 is 10.2 Å². The fourth-order valence-corrected chi connectivity index (χ4v) is 3.87. The molecule has 0 bridgehead atoms.